The Labute approximate surface area is 128 Å². The van der Waals surface area contributed by atoms with Crippen LogP contribution in [0.4, 0.5) is 0 Å². The maximum Gasteiger partial charge on any atom is 0.119 e. The molecular weight excluding hydrogens is 320 g/mol. The van der Waals surface area contributed by atoms with Gasteiger partial charge in [-0.3, -0.25) is 5.32 Å². The Morgan fingerprint density at radius 3 is 2.89 bits per heavy atom. The Kier molecular flexibility index (Phi) is 5.32. The van der Waals surface area contributed by atoms with E-state index in [-0.39, 0.29) is 5.54 Å². The molecule has 1 aromatic rings. The van der Waals surface area contributed by atoms with Crippen molar-refractivity contribution in [1.82, 2.24) is 5.32 Å². The first kappa shape index (κ1) is 14.9. The predicted octanol–water partition coefficient (Wildman–Crippen LogP) is 4.21. The number of rotatable bonds is 7. The molecule has 1 aliphatic rings. The Bertz CT molecular complexity index is 467. The summed E-state index contributed by atoms with van der Waals surface area (Å²) < 4.78 is 1.09. The van der Waals surface area contributed by atoms with Crippen LogP contribution in [0.25, 0.3) is 0 Å². The third-order valence-corrected chi connectivity index (χ3v) is 5.11. The van der Waals surface area contributed by atoms with E-state index in [4.69, 9.17) is 0 Å². The molecule has 0 aromatic heterocycles. The van der Waals surface area contributed by atoms with Gasteiger partial charge in [0, 0.05) is 15.1 Å². The van der Waals surface area contributed by atoms with Crippen LogP contribution in [0.15, 0.2) is 33.6 Å². The summed E-state index contributed by atoms with van der Waals surface area (Å²) in [6.07, 6.45) is 3.43. The van der Waals surface area contributed by atoms with Crippen LogP contribution in [0.1, 0.15) is 26.2 Å². The molecule has 1 fully saturated rings. The second-order valence-corrected chi connectivity index (χ2v) is 6.99. The van der Waals surface area contributed by atoms with Gasteiger partial charge in [-0.05, 0) is 49.9 Å². The lowest BCUT2D eigenvalue weighted by molar-refractivity contribution is 0.406. The van der Waals surface area contributed by atoms with E-state index in [0.29, 0.717) is 5.92 Å². The van der Waals surface area contributed by atoms with Crippen molar-refractivity contribution in [2.75, 3.05) is 12.3 Å². The Morgan fingerprint density at radius 2 is 2.32 bits per heavy atom. The van der Waals surface area contributed by atoms with Gasteiger partial charge in [0.1, 0.15) is 5.54 Å². The van der Waals surface area contributed by atoms with E-state index in [1.807, 2.05) is 12.1 Å². The third kappa shape index (κ3) is 3.98. The van der Waals surface area contributed by atoms with Crippen molar-refractivity contribution < 1.29 is 0 Å². The van der Waals surface area contributed by atoms with Crippen molar-refractivity contribution in [1.29, 1.82) is 5.26 Å². The molecular formula is C15H19BrN2S. The van der Waals surface area contributed by atoms with Crippen molar-refractivity contribution in [3.05, 3.63) is 28.7 Å². The van der Waals surface area contributed by atoms with Gasteiger partial charge in [-0.15, -0.1) is 11.8 Å². The first-order chi connectivity index (χ1) is 9.20. The summed E-state index contributed by atoms with van der Waals surface area (Å²) in [6, 6.07) is 10.8. The maximum absolute atomic E-state index is 9.61. The van der Waals surface area contributed by atoms with E-state index in [0.717, 1.165) is 23.2 Å². The zero-order chi connectivity index (χ0) is 13.7. The highest BCUT2D eigenvalue weighted by Gasteiger charge is 2.45. The lowest BCUT2D eigenvalue weighted by atomic mass is 9.97. The van der Waals surface area contributed by atoms with Gasteiger partial charge in [0.05, 0.1) is 6.07 Å². The summed E-state index contributed by atoms with van der Waals surface area (Å²) in [5.41, 5.74) is -0.344. The number of hydrogen-bond donors (Lipinski definition) is 1. The van der Waals surface area contributed by atoms with Gasteiger partial charge in [-0.25, -0.2) is 0 Å². The number of nitrogens with one attached hydrogen (secondary N) is 1. The second-order valence-electron chi connectivity index (χ2n) is 5.03. The molecule has 0 saturated heterocycles. The highest BCUT2D eigenvalue weighted by atomic mass is 79.9. The monoisotopic (exact) mass is 338 g/mol. The van der Waals surface area contributed by atoms with Gasteiger partial charge in [-0.1, -0.05) is 28.9 Å². The molecule has 102 valence electrons. The van der Waals surface area contributed by atoms with Gasteiger partial charge in [0.25, 0.3) is 0 Å². The summed E-state index contributed by atoms with van der Waals surface area (Å²) in [4.78, 5) is 1.22. The topological polar surface area (TPSA) is 35.8 Å². The molecule has 1 unspecified atom stereocenters. The van der Waals surface area contributed by atoms with Crippen molar-refractivity contribution >= 4 is 27.7 Å². The van der Waals surface area contributed by atoms with Crippen LogP contribution >= 0.6 is 27.7 Å². The van der Waals surface area contributed by atoms with E-state index in [9.17, 15) is 5.26 Å². The fourth-order valence-electron chi connectivity index (χ4n) is 2.15. The fraction of sp³-hybridized carbons (Fsp3) is 0.533. The number of benzene rings is 1. The SMILES string of the molecule is CCCNC(C#N)(CSc1cccc(Br)c1)C1CC1. The Balaban J connectivity index is 2.02. The van der Waals surface area contributed by atoms with Crippen LogP contribution in [-0.2, 0) is 0 Å². The lowest BCUT2D eigenvalue weighted by Crippen LogP contribution is -2.48. The minimum atomic E-state index is -0.344. The molecule has 2 rings (SSSR count). The molecule has 0 radical (unpaired) electrons. The van der Waals surface area contributed by atoms with E-state index >= 15 is 0 Å². The molecule has 0 bridgehead atoms. The first-order valence-electron chi connectivity index (χ1n) is 6.75. The summed E-state index contributed by atoms with van der Waals surface area (Å²) in [5, 5.41) is 13.1. The standard InChI is InChI=1S/C15H19BrN2S/c1-2-8-18-15(10-17,12-6-7-12)11-19-14-5-3-4-13(16)9-14/h3-5,9,12,18H,2,6-8,11H2,1H3. The highest BCUT2D eigenvalue weighted by molar-refractivity contribution is 9.10. The van der Waals surface area contributed by atoms with Crippen LogP contribution in [0.2, 0.25) is 0 Å². The second kappa shape index (κ2) is 6.78. The quantitative estimate of drug-likeness (QED) is 0.756. The summed E-state index contributed by atoms with van der Waals surface area (Å²) in [6.45, 7) is 3.06. The molecule has 0 heterocycles. The van der Waals surface area contributed by atoms with Gasteiger partial charge < -0.3 is 0 Å². The van der Waals surface area contributed by atoms with E-state index in [1.165, 1.54) is 17.7 Å². The number of nitriles is 1. The number of thioether (sulfide) groups is 1. The Morgan fingerprint density at radius 1 is 1.53 bits per heavy atom. The van der Waals surface area contributed by atoms with Gasteiger partial charge in [-0.2, -0.15) is 5.26 Å². The lowest BCUT2D eigenvalue weighted by Gasteiger charge is -2.27. The van der Waals surface area contributed by atoms with E-state index in [1.54, 1.807) is 11.8 Å². The minimum absolute atomic E-state index is 0.344. The molecule has 1 aromatic carbocycles. The van der Waals surface area contributed by atoms with Gasteiger partial charge in [0.2, 0.25) is 0 Å². The zero-order valence-corrected chi connectivity index (χ0v) is 13.6. The molecule has 1 N–H and O–H groups in total. The molecule has 0 spiro atoms. The van der Waals surface area contributed by atoms with Crippen molar-refractivity contribution in [2.24, 2.45) is 5.92 Å². The Hall–Kier alpha value is -0.500. The normalized spacial score (nSPS) is 17.7. The zero-order valence-electron chi connectivity index (χ0n) is 11.2. The summed E-state index contributed by atoms with van der Waals surface area (Å²) in [5.74, 6) is 1.36. The molecule has 0 aliphatic heterocycles. The average molecular weight is 339 g/mol. The first-order valence-corrected chi connectivity index (χ1v) is 8.52. The van der Waals surface area contributed by atoms with E-state index < -0.39 is 0 Å². The van der Waals surface area contributed by atoms with E-state index in [2.05, 4.69) is 46.4 Å². The van der Waals surface area contributed by atoms with Crippen LogP contribution < -0.4 is 5.32 Å². The highest BCUT2D eigenvalue weighted by Crippen LogP contribution is 2.42. The minimum Gasteiger partial charge on any atom is -0.298 e. The van der Waals surface area contributed by atoms with Crippen LogP contribution in [0, 0.1) is 17.2 Å². The predicted molar refractivity (Wildman–Crippen MR) is 84.2 cm³/mol. The molecule has 1 aliphatic carbocycles. The molecule has 0 amide bonds. The summed E-state index contributed by atoms with van der Waals surface area (Å²) in [7, 11) is 0. The van der Waals surface area contributed by atoms with Crippen LogP contribution in [0.5, 0.6) is 0 Å². The average Bonchev–Trinajstić information content (AvgIpc) is 3.25. The molecule has 1 saturated carbocycles. The molecule has 19 heavy (non-hydrogen) atoms. The number of nitrogens with zero attached hydrogens (tertiary/aromatic N) is 1. The largest absolute Gasteiger partial charge is 0.298 e. The van der Waals surface area contributed by atoms with Crippen molar-refractivity contribution in [2.45, 2.75) is 36.6 Å². The molecule has 1 atom stereocenters. The fourth-order valence-corrected chi connectivity index (χ4v) is 3.89. The molecule has 2 nitrogen and oxygen atoms in total. The van der Waals surface area contributed by atoms with Crippen molar-refractivity contribution in [3.63, 3.8) is 0 Å². The van der Waals surface area contributed by atoms with Gasteiger partial charge >= 0.3 is 0 Å². The van der Waals surface area contributed by atoms with Crippen LogP contribution in [-0.4, -0.2) is 17.8 Å². The van der Waals surface area contributed by atoms with Crippen molar-refractivity contribution in [3.8, 4) is 6.07 Å². The third-order valence-electron chi connectivity index (χ3n) is 3.43. The summed E-state index contributed by atoms with van der Waals surface area (Å²) >= 11 is 5.26. The van der Waals surface area contributed by atoms with Gasteiger partial charge in [0.15, 0.2) is 0 Å². The smallest absolute Gasteiger partial charge is 0.119 e. The van der Waals surface area contributed by atoms with Crippen LogP contribution in [0.3, 0.4) is 0 Å². The number of halogens is 1. The number of hydrogen-bond acceptors (Lipinski definition) is 3. The maximum atomic E-state index is 9.61. The molecule has 4 heteroatoms.